The van der Waals surface area contributed by atoms with Crippen LogP contribution in [0.15, 0.2) is 29.2 Å². The lowest BCUT2D eigenvalue weighted by molar-refractivity contribution is -0.118. The van der Waals surface area contributed by atoms with Crippen molar-refractivity contribution in [3.63, 3.8) is 0 Å². The second-order valence-corrected chi connectivity index (χ2v) is 4.40. The fourth-order valence-electron chi connectivity index (χ4n) is 1.14. The van der Waals surface area contributed by atoms with Gasteiger partial charge in [0, 0.05) is 10.5 Å². The summed E-state index contributed by atoms with van der Waals surface area (Å²) in [6.07, 6.45) is 5.03. The first-order valence-corrected chi connectivity index (χ1v) is 6.06. The fraction of sp³-hybridized carbons (Fsp3) is 0.231. The van der Waals surface area contributed by atoms with Gasteiger partial charge in [-0.05, 0) is 19.1 Å². The molecule has 17 heavy (non-hydrogen) atoms. The van der Waals surface area contributed by atoms with Gasteiger partial charge in [0.15, 0.2) is 5.78 Å². The van der Waals surface area contributed by atoms with E-state index in [0.717, 1.165) is 4.90 Å². The second kappa shape index (κ2) is 6.77. The molecule has 1 amide bonds. The van der Waals surface area contributed by atoms with E-state index in [4.69, 9.17) is 6.42 Å². The van der Waals surface area contributed by atoms with Gasteiger partial charge >= 0.3 is 0 Å². The molecule has 1 aromatic carbocycles. The highest BCUT2D eigenvalue weighted by atomic mass is 32.2. The van der Waals surface area contributed by atoms with Crippen LogP contribution in [0, 0.1) is 12.3 Å². The van der Waals surface area contributed by atoms with E-state index in [2.05, 4.69) is 11.2 Å². The number of thioether (sulfide) groups is 1. The predicted molar refractivity (Wildman–Crippen MR) is 69.0 cm³/mol. The van der Waals surface area contributed by atoms with Crippen molar-refractivity contribution in [3.8, 4) is 12.3 Å². The summed E-state index contributed by atoms with van der Waals surface area (Å²) in [6.45, 7) is 1.78. The first-order chi connectivity index (χ1) is 8.13. The summed E-state index contributed by atoms with van der Waals surface area (Å²) in [4.78, 5) is 23.3. The van der Waals surface area contributed by atoms with Crippen molar-refractivity contribution in [1.29, 1.82) is 0 Å². The molecule has 1 N–H and O–H groups in total. The number of nitrogens with one attached hydrogen (secondary N) is 1. The van der Waals surface area contributed by atoms with E-state index in [1.807, 2.05) is 12.1 Å². The third-order valence-electron chi connectivity index (χ3n) is 2.02. The van der Waals surface area contributed by atoms with Gasteiger partial charge in [0.1, 0.15) is 0 Å². The normalized spacial score (nSPS) is 9.41. The first kappa shape index (κ1) is 13.3. The lowest BCUT2D eigenvalue weighted by Gasteiger charge is -2.02. The molecular formula is C13H13NO2S. The predicted octanol–water partition coefficient (Wildman–Crippen LogP) is 1.73. The number of ketones is 1. The highest BCUT2D eigenvalue weighted by molar-refractivity contribution is 8.00. The Morgan fingerprint density at radius 2 is 2.00 bits per heavy atom. The summed E-state index contributed by atoms with van der Waals surface area (Å²) in [5.74, 6) is 2.60. The average molecular weight is 247 g/mol. The van der Waals surface area contributed by atoms with Crippen molar-refractivity contribution in [2.24, 2.45) is 0 Å². The molecule has 0 spiro atoms. The Labute approximate surface area is 105 Å². The molecule has 0 atom stereocenters. The summed E-state index contributed by atoms with van der Waals surface area (Å²) in [6, 6.07) is 7.17. The summed E-state index contributed by atoms with van der Waals surface area (Å²) in [5, 5.41) is 2.58. The summed E-state index contributed by atoms with van der Waals surface area (Å²) in [7, 11) is 0. The molecule has 1 rings (SSSR count). The van der Waals surface area contributed by atoms with Crippen molar-refractivity contribution in [1.82, 2.24) is 5.32 Å². The maximum Gasteiger partial charge on any atom is 0.231 e. The zero-order valence-corrected chi connectivity index (χ0v) is 10.3. The van der Waals surface area contributed by atoms with Crippen LogP contribution in [0.2, 0.25) is 0 Å². The summed E-state index contributed by atoms with van der Waals surface area (Å²) >= 11 is 1.41. The minimum absolute atomic E-state index is 0.0355. The van der Waals surface area contributed by atoms with Gasteiger partial charge in [-0.25, -0.2) is 0 Å². The number of Topliss-reactive ketones (excluding diaryl/α,β-unsaturated/α-hetero) is 1. The minimum atomic E-state index is -0.0939. The number of terminal acetylenes is 1. The van der Waals surface area contributed by atoms with E-state index >= 15 is 0 Å². The van der Waals surface area contributed by atoms with Gasteiger partial charge in [-0.3, -0.25) is 9.59 Å². The highest BCUT2D eigenvalue weighted by Crippen LogP contribution is 2.18. The van der Waals surface area contributed by atoms with Crippen molar-refractivity contribution in [2.45, 2.75) is 11.8 Å². The molecule has 0 aliphatic rings. The summed E-state index contributed by atoms with van der Waals surface area (Å²) in [5.41, 5.74) is 0.672. The standard InChI is InChI=1S/C13H13NO2S/c1-3-8-14-13(16)9-17-12-6-4-11(5-7-12)10(2)15/h1,4-7H,8-9H2,2H3,(H,14,16). The van der Waals surface area contributed by atoms with Crippen LogP contribution in [0.25, 0.3) is 0 Å². The topological polar surface area (TPSA) is 46.2 Å². The molecule has 0 fully saturated rings. The lowest BCUT2D eigenvalue weighted by Crippen LogP contribution is -2.25. The Hall–Kier alpha value is -1.73. The number of rotatable bonds is 5. The minimum Gasteiger partial charge on any atom is -0.344 e. The van der Waals surface area contributed by atoms with Crippen molar-refractivity contribution in [2.75, 3.05) is 12.3 Å². The Morgan fingerprint density at radius 1 is 1.35 bits per heavy atom. The van der Waals surface area contributed by atoms with Gasteiger partial charge in [-0.15, -0.1) is 18.2 Å². The van der Waals surface area contributed by atoms with Gasteiger partial charge in [-0.1, -0.05) is 18.1 Å². The van der Waals surface area contributed by atoms with Crippen LogP contribution in [0.3, 0.4) is 0 Å². The number of hydrogen-bond donors (Lipinski definition) is 1. The molecule has 3 nitrogen and oxygen atoms in total. The van der Waals surface area contributed by atoms with E-state index in [0.29, 0.717) is 11.3 Å². The molecule has 0 bridgehead atoms. The van der Waals surface area contributed by atoms with E-state index in [9.17, 15) is 9.59 Å². The van der Waals surface area contributed by atoms with Gasteiger partial charge < -0.3 is 5.32 Å². The third kappa shape index (κ3) is 4.75. The quantitative estimate of drug-likeness (QED) is 0.489. The molecule has 0 saturated heterocycles. The van der Waals surface area contributed by atoms with Gasteiger partial charge in [0.05, 0.1) is 12.3 Å². The molecule has 0 saturated carbocycles. The van der Waals surface area contributed by atoms with Crippen molar-refractivity contribution >= 4 is 23.5 Å². The zero-order chi connectivity index (χ0) is 12.7. The van der Waals surface area contributed by atoms with Crippen LogP contribution in [-0.4, -0.2) is 24.0 Å². The molecule has 0 aromatic heterocycles. The third-order valence-corrected chi connectivity index (χ3v) is 3.03. The molecule has 0 aliphatic carbocycles. The van der Waals surface area contributed by atoms with Crippen LogP contribution < -0.4 is 5.32 Å². The fourth-order valence-corrected chi connectivity index (χ4v) is 1.86. The lowest BCUT2D eigenvalue weighted by atomic mass is 10.2. The number of carbonyl (C=O) groups is 2. The van der Waals surface area contributed by atoms with Crippen LogP contribution >= 0.6 is 11.8 Å². The molecular weight excluding hydrogens is 234 g/mol. The average Bonchev–Trinajstić information content (AvgIpc) is 2.34. The maximum absolute atomic E-state index is 11.3. The Morgan fingerprint density at radius 3 is 2.53 bits per heavy atom. The Kier molecular flexibility index (Phi) is 5.31. The second-order valence-electron chi connectivity index (χ2n) is 3.35. The number of benzene rings is 1. The van der Waals surface area contributed by atoms with E-state index in [1.54, 1.807) is 12.1 Å². The van der Waals surface area contributed by atoms with Crippen molar-refractivity contribution in [3.05, 3.63) is 29.8 Å². The van der Waals surface area contributed by atoms with E-state index < -0.39 is 0 Å². The first-order valence-electron chi connectivity index (χ1n) is 5.07. The smallest absolute Gasteiger partial charge is 0.231 e. The molecule has 1 aromatic rings. The van der Waals surface area contributed by atoms with Crippen LogP contribution in [0.4, 0.5) is 0 Å². The molecule has 0 heterocycles. The molecule has 0 radical (unpaired) electrons. The Balaban J connectivity index is 2.45. The van der Waals surface area contributed by atoms with Gasteiger partial charge in [-0.2, -0.15) is 0 Å². The van der Waals surface area contributed by atoms with E-state index in [-0.39, 0.29) is 18.2 Å². The highest BCUT2D eigenvalue weighted by Gasteiger charge is 2.03. The Bertz CT molecular complexity index is 445. The largest absolute Gasteiger partial charge is 0.344 e. The number of amides is 1. The SMILES string of the molecule is C#CCNC(=O)CSc1ccc(C(C)=O)cc1. The molecule has 4 heteroatoms. The zero-order valence-electron chi connectivity index (χ0n) is 9.53. The number of hydrogen-bond acceptors (Lipinski definition) is 3. The van der Waals surface area contributed by atoms with Gasteiger partial charge in [0.2, 0.25) is 5.91 Å². The van der Waals surface area contributed by atoms with Crippen molar-refractivity contribution < 1.29 is 9.59 Å². The number of carbonyl (C=O) groups excluding carboxylic acids is 2. The van der Waals surface area contributed by atoms with Gasteiger partial charge in [0.25, 0.3) is 0 Å². The van der Waals surface area contributed by atoms with Crippen LogP contribution in [-0.2, 0) is 4.79 Å². The van der Waals surface area contributed by atoms with E-state index in [1.165, 1.54) is 18.7 Å². The molecule has 0 unspecified atom stereocenters. The van der Waals surface area contributed by atoms with Crippen LogP contribution in [0.1, 0.15) is 17.3 Å². The molecule has 88 valence electrons. The van der Waals surface area contributed by atoms with Crippen LogP contribution in [0.5, 0.6) is 0 Å². The molecule has 0 aliphatic heterocycles. The maximum atomic E-state index is 11.3. The monoisotopic (exact) mass is 247 g/mol. The summed E-state index contributed by atoms with van der Waals surface area (Å²) < 4.78 is 0.